The molecular formula is C22H15FN2O4. The smallest absolute Gasteiger partial charge is 0.346 e. The summed E-state index contributed by atoms with van der Waals surface area (Å²) >= 11 is 0. The number of ether oxygens (including phenoxy) is 1. The van der Waals surface area contributed by atoms with E-state index in [4.69, 9.17) is 9.15 Å². The van der Waals surface area contributed by atoms with E-state index in [2.05, 4.69) is 5.32 Å². The number of hydrogen-bond donors (Lipinski definition) is 1. The predicted octanol–water partition coefficient (Wildman–Crippen LogP) is 3.86. The molecule has 0 aliphatic carbocycles. The number of benzene rings is 2. The molecule has 1 amide bonds. The Morgan fingerprint density at radius 1 is 1.10 bits per heavy atom. The van der Waals surface area contributed by atoms with Gasteiger partial charge in [0.05, 0.1) is 18.4 Å². The quantitative estimate of drug-likeness (QED) is 0.299. The van der Waals surface area contributed by atoms with Gasteiger partial charge in [-0.25, -0.2) is 9.18 Å². The Labute approximate surface area is 165 Å². The van der Waals surface area contributed by atoms with E-state index in [1.54, 1.807) is 24.3 Å². The maximum absolute atomic E-state index is 13.6. The number of halogens is 1. The van der Waals surface area contributed by atoms with E-state index in [1.165, 1.54) is 48.7 Å². The fraction of sp³-hybridized carbons (Fsp3) is 0.0455. The van der Waals surface area contributed by atoms with Crippen LogP contribution in [0.5, 0.6) is 5.75 Å². The first-order chi connectivity index (χ1) is 14.1. The van der Waals surface area contributed by atoms with Gasteiger partial charge in [0.25, 0.3) is 5.91 Å². The third-order valence-electron chi connectivity index (χ3n) is 3.86. The van der Waals surface area contributed by atoms with Gasteiger partial charge in [0.1, 0.15) is 29.0 Å². The number of carbonyl (C=O) groups is 2. The van der Waals surface area contributed by atoms with Crippen molar-refractivity contribution in [2.75, 3.05) is 0 Å². The van der Waals surface area contributed by atoms with Crippen molar-refractivity contribution in [1.29, 1.82) is 5.26 Å². The Hall–Kier alpha value is -4.18. The summed E-state index contributed by atoms with van der Waals surface area (Å²) < 4.78 is 23.9. The van der Waals surface area contributed by atoms with Crippen LogP contribution in [0.25, 0.3) is 6.08 Å². The molecule has 3 aromatic rings. The number of amides is 1. The Morgan fingerprint density at radius 2 is 1.86 bits per heavy atom. The van der Waals surface area contributed by atoms with E-state index in [0.29, 0.717) is 11.3 Å². The lowest BCUT2D eigenvalue weighted by Crippen LogP contribution is -2.23. The number of esters is 1. The summed E-state index contributed by atoms with van der Waals surface area (Å²) in [5.74, 6) is -1.26. The number of furan rings is 1. The average Bonchev–Trinajstić information content (AvgIpc) is 3.25. The lowest BCUT2D eigenvalue weighted by molar-refractivity contribution is -0.117. The Kier molecular flexibility index (Phi) is 6.18. The van der Waals surface area contributed by atoms with Crippen molar-refractivity contribution < 1.29 is 23.1 Å². The van der Waals surface area contributed by atoms with Crippen molar-refractivity contribution in [2.45, 2.75) is 6.54 Å². The van der Waals surface area contributed by atoms with Gasteiger partial charge in [0.2, 0.25) is 0 Å². The second-order valence-electron chi connectivity index (χ2n) is 5.87. The molecule has 1 heterocycles. The minimum Gasteiger partial charge on any atom is -0.467 e. The molecule has 0 aliphatic heterocycles. The molecule has 0 spiro atoms. The number of nitriles is 1. The zero-order valence-electron chi connectivity index (χ0n) is 15.1. The van der Waals surface area contributed by atoms with Gasteiger partial charge in [0.15, 0.2) is 0 Å². The van der Waals surface area contributed by atoms with Crippen molar-refractivity contribution in [3.8, 4) is 11.8 Å². The molecule has 0 saturated heterocycles. The maximum atomic E-state index is 13.6. The third-order valence-corrected chi connectivity index (χ3v) is 3.86. The van der Waals surface area contributed by atoms with Crippen LogP contribution in [0.1, 0.15) is 21.7 Å². The lowest BCUT2D eigenvalue weighted by atomic mass is 10.1. The van der Waals surface area contributed by atoms with Crippen LogP contribution in [0.15, 0.2) is 76.9 Å². The number of nitrogens with one attached hydrogen (secondary N) is 1. The monoisotopic (exact) mass is 390 g/mol. The van der Waals surface area contributed by atoms with Crippen LogP contribution in [0, 0.1) is 17.1 Å². The minimum absolute atomic E-state index is 0.0901. The van der Waals surface area contributed by atoms with Crippen LogP contribution in [-0.4, -0.2) is 11.9 Å². The van der Waals surface area contributed by atoms with Crippen LogP contribution in [0.3, 0.4) is 0 Å². The van der Waals surface area contributed by atoms with E-state index >= 15 is 0 Å². The largest absolute Gasteiger partial charge is 0.467 e. The van der Waals surface area contributed by atoms with Gasteiger partial charge in [-0.2, -0.15) is 5.26 Å². The van der Waals surface area contributed by atoms with Gasteiger partial charge in [-0.1, -0.05) is 24.3 Å². The van der Waals surface area contributed by atoms with Gasteiger partial charge in [-0.3, -0.25) is 4.79 Å². The highest BCUT2D eigenvalue weighted by atomic mass is 19.1. The molecule has 0 fully saturated rings. The first-order valence-electron chi connectivity index (χ1n) is 8.56. The van der Waals surface area contributed by atoms with Crippen LogP contribution in [0.4, 0.5) is 4.39 Å². The van der Waals surface area contributed by atoms with Crippen LogP contribution in [0.2, 0.25) is 0 Å². The van der Waals surface area contributed by atoms with Crippen molar-refractivity contribution in [2.24, 2.45) is 0 Å². The van der Waals surface area contributed by atoms with E-state index in [9.17, 15) is 19.2 Å². The highest BCUT2D eigenvalue weighted by Crippen LogP contribution is 2.17. The SMILES string of the molecule is N#C/C(=C\c1ccc(OC(=O)c2ccccc2F)cc1)C(=O)NCc1ccco1. The molecule has 2 aromatic carbocycles. The number of carbonyl (C=O) groups excluding carboxylic acids is 2. The molecule has 0 radical (unpaired) electrons. The molecule has 6 nitrogen and oxygen atoms in total. The fourth-order valence-electron chi connectivity index (χ4n) is 2.41. The zero-order valence-corrected chi connectivity index (χ0v) is 15.1. The number of rotatable bonds is 6. The van der Waals surface area contributed by atoms with Crippen LogP contribution >= 0.6 is 0 Å². The molecule has 1 N–H and O–H groups in total. The second kappa shape index (κ2) is 9.15. The first kappa shape index (κ1) is 19.6. The van der Waals surface area contributed by atoms with Gasteiger partial charge in [-0.15, -0.1) is 0 Å². The highest BCUT2D eigenvalue weighted by molar-refractivity contribution is 6.01. The minimum atomic E-state index is -0.818. The maximum Gasteiger partial charge on any atom is 0.346 e. The molecule has 1 aromatic heterocycles. The summed E-state index contributed by atoms with van der Waals surface area (Å²) in [5.41, 5.74) is 0.296. The molecular weight excluding hydrogens is 375 g/mol. The Balaban J connectivity index is 1.65. The summed E-state index contributed by atoms with van der Waals surface area (Å²) in [4.78, 5) is 24.2. The molecule has 0 unspecified atom stereocenters. The van der Waals surface area contributed by atoms with Crippen molar-refractivity contribution in [3.05, 3.63) is 95.2 Å². The lowest BCUT2D eigenvalue weighted by Gasteiger charge is -2.06. The van der Waals surface area contributed by atoms with Gasteiger partial charge < -0.3 is 14.5 Å². The summed E-state index contributed by atoms with van der Waals surface area (Å²) in [6.07, 6.45) is 2.89. The molecule has 144 valence electrons. The average molecular weight is 390 g/mol. The topological polar surface area (TPSA) is 92.3 Å². The van der Waals surface area contributed by atoms with E-state index < -0.39 is 17.7 Å². The molecule has 7 heteroatoms. The highest BCUT2D eigenvalue weighted by Gasteiger charge is 2.13. The van der Waals surface area contributed by atoms with Crippen LogP contribution < -0.4 is 10.1 Å². The molecule has 29 heavy (non-hydrogen) atoms. The molecule has 3 rings (SSSR count). The zero-order chi connectivity index (χ0) is 20.6. The van der Waals surface area contributed by atoms with E-state index in [0.717, 1.165) is 0 Å². The molecule has 0 saturated carbocycles. The number of hydrogen-bond acceptors (Lipinski definition) is 5. The van der Waals surface area contributed by atoms with Gasteiger partial charge >= 0.3 is 5.97 Å². The number of nitrogens with zero attached hydrogens (tertiary/aromatic N) is 1. The Bertz CT molecular complexity index is 1080. The van der Waals surface area contributed by atoms with E-state index in [1.807, 2.05) is 6.07 Å². The normalized spacial score (nSPS) is 10.8. The molecule has 0 atom stereocenters. The third kappa shape index (κ3) is 5.17. The molecule has 0 bridgehead atoms. The first-order valence-corrected chi connectivity index (χ1v) is 8.56. The van der Waals surface area contributed by atoms with Gasteiger partial charge in [-0.05, 0) is 48.0 Å². The molecule has 0 aliphatic rings. The fourth-order valence-corrected chi connectivity index (χ4v) is 2.41. The summed E-state index contributed by atoms with van der Waals surface area (Å²) in [6.45, 7) is 0.162. The van der Waals surface area contributed by atoms with Crippen LogP contribution in [-0.2, 0) is 11.3 Å². The second-order valence-corrected chi connectivity index (χ2v) is 5.87. The Morgan fingerprint density at radius 3 is 2.52 bits per heavy atom. The van der Waals surface area contributed by atoms with Crippen molar-refractivity contribution in [3.63, 3.8) is 0 Å². The summed E-state index contributed by atoms with van der Waals surface area (Å²) in [7, 11) is 0. The summed E-state index contributed by atoms with van der Waals surface area (Å²) in [5, 5.41) is 11.8. The van der Waals surface area contributed by atoms with Crippen molar-refractivity contribution in [1.82, 2.24) is 5.32 Å². The van der Waals surface area contributed by atoms with E-state index in [-0.39, 0.29) is 23.4 Å². The predicted molar refractivity (Wildman–Crippen MR) is 102 cm³/mol. The van der Waals surface area contributed by atoms with Crippen molar-refractivity contribution >= 4 is 18.0 Å². The standard InChI is InChI=1S/C22H15FN2O4/c23-20-6-2-1-5-19(20)22(27)29-17-9-7-15(8-10-17)12-16(13-24)21(26)25-14-18-4-3-11-28-18/h1-12H,14H2,(H,25,26)/b16-12+. The summed E-state index contributed by atoms with van der Waals surface area (Å²) in [6, 6.07) is 16.9. The van der Waals surface area contributed by atoms with Gasteiger partial charge in [0, 0.05) is 0 Å².